The van der Waals surface area contributed by atoms with Crippen molar-refractivity contribution in [1.82, 2.24) is 0 Å². The molecule has 0 nitrogen and oxygen atoms in total. The van der Waals surface area contributed by atoms with Crippen LogP contribution in [0.1, 0.15) is 70.6 Å². The quantitative estimate of drug-likeness (QED) is 0.201. The molecule has 23 heavy (non-hydrogen) atoms. The van der Waals surface area contributed by atoms with Crippen LogP contribution in [0.2, 0.25) is 0 Å². The minimum atomic E-state index is -6.22. The van der Waals surface area contributed by atoms with Gasteiger partial charge in [0.1, 0.15) is 0 Å². The van der Waals surface area contributed by atoms with Gasteiger partial charge in [-0.05, 0) is 18.6 Å². The first-order valence-corrected chi connectivity index (χ1v) is 8.63. The lowest BCUT2D eigenvalue weighted by Crippen LogP contribution is -2.51. The van der Waals surface area contributed by atoms with E-state index in [9.17, 15) is 30.7 Å². The zero-order chi connectivity index (χ0) is 18.0. The van der Waals surface area contributed by atoms with Gasteiger partial charge in [-0.3, -0.25) is 0 Å². The van der Waals surface area contributed by atoms with Gasteiger partial charge in [-0.25, -0.2) is 0 Å². The van der Waals surface area contributed by atoms with Crippen LogP contribution in [0.5, 0.6) is 0 Å². The number of hydrogen-bond acceptors (Lipinski definition) is 1. The molecule has 0 aromatic rings. The van der Waals surface area contributed by atoms with Crippen LogP contribution in [0.3, 0.4) is 0 Å². The van der Waals surface area contributed by atoms with Crippen molar-refractivity contribution in [3.63, 3.8) is 0 Å². The predicted octanol–water partition coefficient (Wildman–Crippen LogP) is 7.04. The highest BCUT2D eigenvalue weighted by atomic mass is 32.1. The molecule has 0 aromatic carbocycles. The van der Waals surface area contributed by atoms with E-state index in [1.165, 1.54) is 0 Å². The molecular weight excluding hydrogens is 345 g/mol. The number of unbranched alkanes of at least 4 members (excludes halogenated alkanes) is 9. The molecule has 0 aliphatic carbocycles. The van der Waals surface area contributed by atoms with Crippen molar-refractivity contribution in [2.24, 2.45) is 0 Å². The van der Waals surface area contributed by atoms with Crippen molar-refractivity contribution in [2.75, 3.05) is 5.75 Å². The second-order valence-electron chi connectivity index (χ2n) is 5.79. The highest BCUT2D eigenvalue weighted by molar-refractivity contribution is 7.80. The number of thiol groups is 1. The molecule has 8 heteroatoms. The molecule has 0 aliphatic heterocycles. The first kappa shape index (κ1) is 22.9. The summed E-state index contributed by atoms with van der Waals surface area (Å²) in [5.41, 5.74) is 0. The first-order chi connectivity index (χ1) is 10.6. The summed E-state index contributed by atoms with van der Waals surface area (Å²) in [5.74, 6) is -10.1. The molecule has 0 fully saturated rings. The average Bonchev–Trinajstić information content (AvgIpc) is 2.43. The minimum Gasteiger partial charge on any atom is -0.200 e. The van der Waals surface area contributed by atoms with Crippen molar-refractivity contribution in [3.8, 4) is 0 Å². The molecule has 0 saturated carbocycles. The standard InChI is InChI=1S/C15H25F7S/c16-13(17,14(18,19)15(20,21)22)11-9-7-5-3-1-2-4-6-8-10-12-23/h23H,1-12H2. The zero-order valence-corrected chi connectivity index (χ0v) is 14.0. The fourth-order valence-electron chi connectivity index (χ4n) is 2.24. The molecule has 0 bridgehead atoms. The third-order valence-electron chi connectivity index (χ3n) is 3.71. The molecule has 0 heterocycles. The molecule has 0 amide bonds. The van der Waals surface area contributed by atoms with Crippen LogP contribution >= 0.6 is 12.6 Å². The lowest BCUT2D eigenvalue weighted by Gasteiger charge is -2.28. The molecule has 0 rings (SSSR count). The summed E-state index contributed by atoms with van der Waals surface area (Å²) in [6, 6.07) is 0. The van der Waals surface area contributed by atoms with Gasteiger partial charge in [0.05, 0.1) is 0 Å². The van der Waals surface area contributed by atoms with Crippen molar-refractivity contribution < 1.29 is 30.7 Å². The molecule has 0 atom stereocenters. The van der Waals surface area contributed by atoms with Crippen LogP contribution in [-0.4, -0.2) is 23.8 Å². The molecule has 0 saturated heterocycles. The molecular formula is C15H25F7S. The lowest BCUT2D eigenvalue weighted by molar-refractivity contribution is -0.355. The third kappa shape index (κ3) is 8.49. The summed E-state index contributed by atoms with van der Waals surface area (Å²) in [7, 11) is 0. The van der Waals surface area contributed by atoms with Gasteiger partial charge in [-0.1, -0.05) is 51.4 Å². The summed E-state index contributed by atoms with van der Waals surface area (Å²) in [6.07, 6.45) is -0.0195. The zero-order valence-electron chi connectivity index (χ0n) is 13.1. The maximum Gasteiger partial charge on any atom is 0.459 e. The fraction of sp³-hybridized carbons (Fsp3) is 1.00. The van der Waals surface area contributed by atoms with Crippen molar-refractivity contribution in [2.45, 2.75) is 88.7 Å². The molecule has 0 N–H and O–H groups in total. The van der Waals surface area contributed by atoms with E-state index >= 15 is 0 Å². The first-order valence-electron chi connectivity index (χ1n) is 7.99. The molecule has 0 aromatic heterocycles. The Morgan fingerprint density at radius 2 is 0.870 bits per heavy atom. The van der Waals surface area contributed by atoms with Crippen LogP contribution in [0.25, 0.3) is 0 Å². The van der Waals surface area contributed by atoms with E-state index in [4.69, 9.17) is 0 Å². The summed E-state index contributed by atoms with van der Waals surface area (Å²) < 4.78 is 87.0. The summed E-state index contributed by atoms with van der Waals surface area (Å²) >= 11 is 4.10. The smallest absolute Gasteiger partial charge is 0.200 e. The normalized spacial score (nSPS) is 13.6. The second-order valence-corrected chi connectivity index (χ2v) is 6.23. The summed E-state index contributed by atoms with van der Waals surface area (Å²) in [6.45, 7) is 0. The van der Waals surface area contributed by atoms with Gasteiger partial charge in [0.15, 0.2) is 0 Å². The van der Waals surface area contributed by atoms with Crippen molar-refractivity contribution in [1.29, 1.82) is 0 Å². The molecule has 0 unspecified atom stereocenters. The molecule has 0 aliphatic rings. The van der Waals surface area contributed by atoms with Crippen LogP contribution in [0.15, 0.2) is 0 Å². The molecule has 140 valence electrons. The monoisotopic (exact) mass is 370 g/mol. The Hall–Kier alpha value is -0.140. The van der Waals surface area contributed by atoms with E-state index in [0.717, 1.165) is 50.7 Å². The average molecular weight is 370 g/mol. The Bertz CT molecular complexity index is 303. The van der Waals surface area contributed by atoms with Crippen molar-refractivity contribution >= 4 is 12.6 Å². The maximum absolute atomic E-state index is 13.0. The van der Waals surface area contributed by atoms with E-state index in [2.05, 4.69) is 12.6 Å². The number of hydrogen-bond donors (Lipinski definition) is 1. The van der Waals surface area contributed by atoms with E-state index in [1.54, 1.807) is 0 Å². The third-order valence-corrected chi connectivity index (χ3v) is 4.03. The largest absolute Gasteiger partial charge is 0.459 e. The van der Waals surface area contributed by atoms with Crippen LogP contribution < -0.4 is 0 Å². The Balaban J connectivity index is 3.72. The molecule has 0 radical (unpaired) electrons. The maximum atomic E-state index is 13.0. The highest BCUT2D eigenvalue weighted by Gasteiger charge is 2.72. The van der Waals surface area contributed by atoms with Gasteiger partial charge >= 0.3 is 18.0 Å². The van der Waals surface area contributed by atoms with Crippen molar-refractivity contribution in [3.05, 3.63) is 0 Å². The van der Waals surface area contributed by atoms with Gasteiger partial charge in [0.2, 0.25) is 0 Å². The number of halogens is 7. The van der Waals surface area contributed by atoms with E-state index < -0.39 is 24.4 Å². The number of alkyl halides is 7. The fourth-order valence-corrected chi connectivity index (χ4v) is 2.46. The topological polar surface area (TPSA) is 0 Å². The van der Waals surface area contributed by atoms with Gasteiger partial charge in [-0.2, -0.15) is 43.4 Å². The van der Waals surface area contributed by atoms with Gasteiger partial charge in [-0.15, -0.1) is 0 Å². The van der Waals surface area contributed by atoms with Crippen LogP contribution in [0.4, 0.5) is 30.7 Å². The van der Waals surface area contributed by atoms with E-state index in [1.807, 2.05) is 0 Å². The SMILES string of the molecule is FC(F)(F)C(F)(F)C(F)(F)CCCCCCCCCCCCS. The Kier molecular flexibility index (Phi) is 10.6. The lowest BCUT2D eigenvalue weighted by atomic mass is 10.0. The number of rotatable bonds is 13. The Morgan fingerprint density at radius 3 is 1.22 bits per heavy atom. The minimum absolute atomic E-state index is 0.239. The Labute approximate surface area is 138 Å². The van der Waals surface area contributed by atoms with Gasteiger partial charge in [0, 0.05) is 6.42 Å². The van der Waals surface area contributed by atoms with Gasteiger partial charge in [0.25, 0.3) is 0 Å². The Morgan fingerprint density at radius 1 is 0.522 bits per heavy atom. The molecule has 0 spiro atoms. The van der Waals surface area contributed by atoms with E-state index in [0.29, 0.717) is 6.42 Å². The summed E-state index contributed by atoms with van der Waals surface area (Å²) in [4.78, 5) is 0. The van der Waals surface area contributed by atoms with Gasteiger partial charge < -0.3 is 0 Å². The van der Waals surface area contributed by atoms with Crippen LogP contribution in [-0.2, 0) is 0 Å². The highest BCUT2D eigenvalue weighted by Crippen LogP contribution is 2.48. The predicted molar refractivity (Wildman–Crippen MR) is 80.6 cm³/mol. The van der Waals surface area contributed by atoms with Crippen LogP contribution in [0, 0.1) is 0 Å². The summed E-state index contributed by atoms with van der Waals surface area (Å²) in [5, 5.41) is 0. The second kappa shape index (κ2) is 10.7. The van der Waals surface area contributed by atoms with E-state index in [-0.39, 0.29) is 12.8 Å².